The SMILES string of the molecule is Cc1ccc(-c2cnoc2NC(=O)CC(C)(C)C)cc1. The molecule has 0 radical (unpaired) electrons. The highest BCUT2D eigenvalue weighted by Crippen LogP contribution is 2.29. The molecular weight excluding hydrogens is 252 g/mol. The Hall–Kier alpha value is -2.10. The third kappa shape index (κ3) is 3.70. The van der Waals surface area contributed by atoms with Crippen molar-refractivity contribution >= 4 is 11.8 Å². The maximum absolute atomic E-state index is 12.0. The van der Waals surface area contributed by atoms with E-state index in [0.717, 1.165) is 11.1 Å². The summed E-state index contributed by atoms with van der Waals surface area (Å²) in [6.45, 7) is 8.10. The molecule has 2 rings (SSSR count). The third-order valence-electron chi connectivity index (χ3n) is 2.88. The van der Waals surface area contributed by atoms with Gasteiger partial charge in [-0.3, -0.25) is 10.1 Å². The normalized spacial score (nSPS) is 11.4. The van der Waals surface area contributed by atoms with Crippen LogP contribution in [0, 0.1) is 12.3 Å². The number of carbonyl (C=O) groups excluding carboxylic acids is 1. The number of hydrogen-bond acceptors (Lipinski definition) is 3. The van der Waals surface area contributed by atoms with Crippen molar-refractivity contribution in [3.8, 4) is 11.1 Å². The largest absolute Gasteiger partial charge is 0.338 e. The van der Waals surface area contributed by atoms with Crippen molar-refractivity contribution in [2.45, 2.75) is 34.1 Å². The summed E-state index contributed by atoms with van der Waals surface area (Å²) in [6.07, 6.45) is 2.05. The lowest BCUT2D eigenvalue weighted by Crippen LogP contribution is -2.19. The number of nitrogens with zero attached hydrogens (tertiary/aromatic N) is 1. The minimum atomic E-state index is -0.0670. The quantitative estimate of drug-likeness (QED) is 0.918. The Morgan fingerprint density at radius 3 is 2.50 bits per heavy atom. The van der Waals surface area contributed by atoms with Crippen LogP contribution in [-0.2, 0) is 4.79 Å². The number of aromatic nitrogens is 1. The van der Waals surface area contributed by atoms with Crippen LogP contribution in [-0.4, -0.2) is 11.1 Å². The molecule has 0 fully saturated rings. The van der Waals surface area contributed by atoms with Crippen molar-refractivity contribution in [1.82, 2.24) is 5.16 Å². The summed E-state index contributed by atoms with van der Waals surface area (Å²) in [5.74, 6) is 0.339. The molecule has 1 amide bonds. The highest BCUT2D eigenvalue weighted by Gasteiger charge is 2.19. The van der Waals surface area contributed by atoms with Crippen molar-refractivity contribution in [3.05, 3.63) is 36.0 Å². The summed E-state index contributed by atoms with van der Waals surface area (Å²) in [5, 5.41) is 6.57. The second-order valence-corrected chi connectivity index (χ2v) is 6.22. The lowest BCUT2D eigenvalue weighted by atomic mass is 9.92. The van der Waals surface area contributed by atoms with Crippen molar-refractivity contribution in [2.24, 2.45) is 5.41 Å². The minimum Gasteiger partial charge on any atom is -0.338 e. The summed E-state index contributed by atoms with van der Waals surface area (Å²) in [5.41, 5.74) is 2.90. The Kier molecular flexibility index (Phi) is 3.93. The second-order valence-electron chi connectivity index (χ2n) is 6.22. The van der Waals surface area contributed by atoms with E-state index in [9.17, 15) is 4.79 Å². The van der Waals surface area contributed by atoms with Crippen LogP contribution in [0.4, 0.5) is 5.88 Å². The van der Waals surface area contributed by atoms with E-state index in [1.165, 1.54) is 5.56 Å². The van der Waals surface area contributed by atoms with Gasteiger partial charge in [0.1, 0.15) is 0 Å². The van der Waals surface area contributed by atoms with E-state index in [4.69, 9.17) is 4.52 Å². The van der Waals surface area contributed by atoms with E-state index in [-0.39, 0.29) is 11.3 Å². The molecular formula is C16H20N2O2. The molecule has 0 aliphatic carbocycles. The van der Waals surface area contributed by atoms with Crippen molar-refractivity contribution < 1.29 is 9.32 Å². The van der Waals surface area contributed by atoms with Crippen LogP contribution in [0.5, 0.6) is 0 Å². The number of carbonyl (C=O) groups is 1. The monoisotopic (exact) mass is 272 g/mol. The molecule has 4 heteroatoms. The Morgan fingerprint density at radius 1 is 1.25 bits per heavy atom. The maximum Gasteiger partial charge on any atom is 0.239 e. The van der Waals surface area contributed by atoms with Crippen LogP contribution in [0.15, 0.2) is 35.0 Å². The van der Waals surface area contributed by atoms with Crippen molar-refractivity contribution in [3.63, 3.8) is 0 Å². The van der Waals surface area contributed by atoms with E-state index >= 15 is 0 Å². The minimum absolute atomic E-state index is 0.0614. The number of aryl methyl sites for hydroxylation is 1. The summed E-state index contributed by atoms with van der Waals surface area (Å²) < 4.78 is 5.15. The summed E-state index contributed by atoms with van der Waals surface area (Å²) in [4.78, 5) is 12.0. The van der Waals surface area contributed by atoms with Gasteiger partial charge in [0.05, 0.1) is 11.8 Å². The standard InChI is InChI=1S/C16H20N2O2/c1-11-5-7-12(8-6-11)13-10-17-20-15(13)18-14(19)9-16(2,3)4/h5-8,10H,9H2,1-4H3,(H,18,19). The van der Waals surface area contributed by atoms with Crippen LogP contribution in [0.2, 0.25) is 0 Å². The molecule has 106 valence electrons. The first kappa shape index (κ1) is 14.3. The maximum atomic E-state index is 12.0. The molecule has 2 aromatic rings. The highest BCUT2D eigenvalue weighted by molar-refractivity contribution is 5.93. The van der Waals surface area contributed by atoms with Gasteiger partial charge < -0.3 is 4.52 Å². The summed E-state index contributed by atoms with van der Waals surface area (Å²) >= 11 is 0. The first-order valence-corrected chi connectivity index (χ1v) is 6.67. The second kappa shape index (κ2) is 5.49. The topological polar surface area (TPSA) is 55.1 Å². The van der Waals surface area contributed by atoms with Gasteiger partial charge >= 0.3 is 0 Å². The molecule has 0 atom stereocenters. The van der Waals surface area contributed by atoms with Gasteiger partial charge in [0, 0.05) is 6.42 Å². The Bertz CT molecular complexity index is 592. The first-order chi connectivity index (χ1) is 9.35. The molecule has 20 heavy (non-hydrogen) atoms. The molecule has 0 aliphatic rings. The summed E-state index contributed by atoms with van der Waals surface area (Å²) in [6, 6.07) is 8.01. The fourth-order valence-corrected chi connectivity index (χ4v) is 1.92. The Morgan fingerprint density at radius 2 is 1.90 bits per heavy atom. The van der Waals surface area contributed by atoms with Gasteiger partial charge in [0.2, 0.25) is 11.8 Å². The van der Waals surface area contributed by atoms with Gasteiger partial charge in [-0.2, -0.15) is 0 Å². The summed E-state index contributed by atoms with van der Waals surface area (Å²) in [7, 11) is 0. The van der Waals surface area contributed by atoms with Gasteiger partial charge in [0.25, 0.3) is 0 Å². The number of nitrogens with one attached hydrogen (secondary N) is 1. The van der Waals surface area contributed by atoms with Crippen LogP contribution in [0.25, 0.3) is 11.1 Å². The van der Waals surface area contributed by atoms with Gasteiger partial charge in [0.15, 0.2) is 0 Å². The van der Waals surface area contributed by atoms with Gasteiger partial charge in [-0.05, 0) is 17.9 Å². The molecule has 0 bridgehead atoms. The fourth-order valence-electron chi connectivity index (χ4n) is 1.92. The average molecular weight is 272 g/mol. The molecule has 1 aromatic heterocycles. The molecule has 1 aromatic carbocycles. The molecule has 0 aliphatic heterocycles. The first-order valence-electron chi connectivity index (χ1n) is 6.67. The van der Waals surface area contributed by atoms with E-state index in [0.29, 0.717) is 12.3 Å². The van der Waals surface area contributed by atoms with Crippen molar-refractivity contribution in [1.29, 1.82) is 0 Å². The molecule has 0 saturated heterocycles. The molecule has 0 unspecified atom stereocenters. The molecule has 1 N–H and O–H groups in total. The van der Waals surface area contributed by atoms with Crippen LogP contribution in [0.3, 0.4) is 0 Å². The van der Waals surface area contributed by atoms with Crippen LogP contribution >= 0.6 is 0 Å². The molecule has 1 heterocycles. The van der Waals surface area contributed by atoms with E-state index in [2.05, 4.69) is 10.5 Å². The van der Waals surface area contributed by atoms with Crippen LogP contribution in [0.1, 0.15) is 32.8 Å². The average Bonchev–Trinajstić information content (AvgIpc) is 2.75. The number of rotatable bonds is 3. The predicted octanol–water partition coefficient (Wildman–Crippen LogP) is 4.02. The zero-order valence-corrected chi connectivity index (χ0v) is 12.4. The Balaban J connectivity index is 2.17. The van der Waals surface area contributed by atoms with Gasteiger partial charge in [-0.1, -0.05) is 55.8 Å². The fraction of sp³-hybridized carbons (Fsp3) is 0.375. The molecule has 0 spiro atoms. The molecule has 4 nitrogen and oxygen atoms in total. The van der Waals surface area contributed by atoms with Gasteiger partial charge in [-0.15, -0.1) is 0 Å². The van der Waals surface area contributed by atoms with E-state index in [1.54, 1.807) is 6.20 Å². The van der Waals surface area contributed by atoms with E-state index < -0.39 is 0 Å². The number of benzene rings is 1. The number of amides is 1. The van der Waals surface area contributed by atoms with Crippen LogP contribution < -0.4 is 5.32 Å². The lowest BCUT2D eigenvalue weighted by Gasteiger charge is -2.16. The zero-order valence-electron chi connectivity index (χ0n) is 12.4. The predicted molar refractivity (Wildman–Crippen MR) is 79.4 cm³/mol. The number of hydrogen-bond donors (Lipinski definition) is 1. The lowest BCUT2D eigenvalue weighted by molar-refractivity contribution is -0.117. The zero-order chi connectivity index (χ0) is 14.8. The Labute approximate surface area is 119 Å². The van der Waals surface area contributed by atoms with Crippen molar-refractivity contribution in [2.75, 3.05) is 5.32 Å². The highest BCUT2D eigenvalue weighted by atomic mass is 16.5. The number of anilines is 1. The third-order valence-corrected chi connectivity index (χ3v) is 2.88. The van der Waals surface area contributed by atoms with E-state index in [1.807, 2.05) is 52.0 Å². The smallest absolute Gasteiger partial charge is 0.239 e. The molecule has 0 saturated carbocycles. The van der Waals surface area contributed by atoms with Gasteiger partial charge in [-0.25, -0.2) is 0 Å².